The molecule has 0 radical (unpaired) electrons. The molecule has 104 valence electrons. The van der Waals surface area contributed by atoms with Crippen molar-refractivity contribution in [1.29, 1.82) is 0 Å². The Morgan fingerprint density at radius 1 is 1.50 bits per heavy atom. The molecule has 0 bridgehead atoms. The zero-order valence-electron chi connectivity index (χ0n) is 11.4. The Morgan fingerprint density at radius 2 is 2.28 bits per heavy atom. The molecule has 1 fully saturated rings. The number of hydrogen-bond acceptors (Lipinski definition) is 4. The van der Waals surface area contributed by atoms with Crippen LogP contribution in [0.15, 0.2) is 0 Å². The average molecular weight is 256 g/mol. The number of amides is 1. The molecule has 0 aromatic rings. The van der Waals surface area contributed by atoms with Crippen molar-refractivity contribution in [2.24, 2.45) is 0 Å². The zero-order chi connectivity index (χ0) is 13.4. The molecule has 5 nitrogen and oxygen atoms in total. The molecule has 0 aromatic heterocycles. The second kappa shape index (κ2) is 8.08. The fourth-order valence-corrected chi connectivity index (χ4v) is 2.32. The van der Waals surface area contributed by atoms with E-state index in [1.54, 1.807) is 6.92 Å². The lowest BCUT2D eigenvalue weighted by Crippen LogP contribution is -2.41. The summed E-state index contributed by atoms with van der Waals surface area (Å²) in [6.07, 6.45) is 3.38. The average Bonchev–Trinajstić information content (AvgIpc) is 2.53. The van der Waals surface area contributed by atoms with E-state index in [1.165, 1.54) is 0 Å². The maximum absolute atomic E-state index is 11.6. The zero-order valence-corrected chi connectivity index (χ0v) is 11.4. The van der Waals surface area contributed by atoms with Crippen LogP contribution in [0.3, 0.4) is 0 Å². The minimum Gasteiger partial charge on any atom is -0.465 e. The molecule has 1 N–H and O–H groups in total. The summed E-state index contributed by atoms with van der Waals surface area (Å²) in [5, 5.41) is 2.87. The quantitative estimate of drug-likeness (QED) is 0.718. The fraction of sp³-hybridized carbons (Fsp3) is 0.846. The van der Waals surface area contributed by atoms with E-state index in [1.807, 2.05) is 0 Å². The van der Waals surface area contributed by atoms with E-state index in [9.17, 15) is 9.59 Å². The Balaban J connectivity index is 2.57. The molecule has 1 atom stereocenters. The van der Waals surface area contributed by atoms with Crippen LogP contribution in [0, 0.1) is 0 Å². The number of nitrogens with one attached hydrogen (secondary N) is 1. The van der Waals surface area contributed by atoms with Gasteiger partial charge in [0.05, 0.1) is 13.2 Å². The molecule has 1 aliphatic heterocycles. The lowest BCUT2D eigenvalue weighted by molar-refractivity contribution is -0.145. The van der Waals surface area contributed by atoms with E-state index in [2.05, 4.69) is 17.1 Å². The number of nitrogens with zero attached hydrogens (tertiary/aromatic N) is 1. The monoisotopic (exact) mass is 256 g/mol. The lowest BCUT2D eigenvalue weighted by Gasteiger charge is -2.29. The summed E-state index contributed by atoms with van der Waals surface area (Å²) < 4.78 is 4.99. The van der Waals surface area contributed by atoms with Gasteiger partial charge >= 0.3 is 5.97 Å². The Bertz CT molecular complexity index is 281. The second-order valence-electron chi connectivity index (χ2n) is 4.63. The van der Waals surface area contributed by atoms with Gasteiger partial charge in [-0.05, 0) is 32.7 Å². The first-order valence-corrected chi connectivity index (χ1v) is 6.83. The first-order chi connectivity index (χ1) is 8.67. The van der Waals surface area contributed by atoms with Crippen molar-refractivity contribution >= 4 is 11.9 Å². The van der Waals surface area contributed by atoms with Gasteiger partial charge in [0.2, 0.25) is 5.91 Å². The smallest absolute Gasteiger partial charge is 0.320 e. The maximum atomic E-state index is 11.6. The van der Waals surface area contributed by atoms with Gasteiger partial charge in [-0.15, -0.1) is 0 Å². The number of carbonyl (C=O) groups is 2. The van der Waals surface area contributed by atoms with Crippen molar-refractivity contribution in [3.05, 3.63) is 0 Å². The molecule has 0 saturated carbocycles. The minimum atomic E-state index is -0.199. The molecule has 18 heavy (non-hydrogen) atoms. The molecule has 0 aromatic carbocycles. The van der Waals surface area contributed by atoms with E-state index >= 15 is 0 Å². The van der Waals surface area contributed by atoms with Crippen molar-refractivity contribution in [2.45, 2.75) is 45.6 Å². The Hall–Kier alpha value is -1.10. The predicted octanol–water partition coefficient (Wildman–Crippen LogP) is 0.930. The molecule has 1 saturated heterocycles. The van der Waals surface area contributed by atoms with E-state index < -0.39 is 0 Å². The third-order valence-corrected chi connectivity index (χ3v) is 3.12. The third-order valence-electron chi connectivity index (χ3n) is 3.12. The van der Waals surface area contributed by atoms with Crippen LogP contribution in [0.2, 0.25) is 0 Å². The van der Waals surface area contributed by atoms with Gasteiger partial charge in [0.25, 0.3) is 0 Å². The molecule has 1 heterocycles. The van der Waals surface area contributed by atoms with Gasteiger partial charge in [0.1, 0.15) is 0 Å². The molecule has 1 amide bonds. The second-order valence-corrected chi connectivity index (χ2v) is 4.63. The number of rotatable bonds is 6. The number of hydrogen-bond donors (Lipinski definition) is 1. The topological polar surface area (TPSA) is 58.6 Å². The largest absolute Gasteiger partial charge is 0.465 e. The lowest BCUT2D eigenvalue weighted by atomic mass is 10.1. The van der Waals surface area contributed by atoms with Crippen LogP contribution in [0.1, 0.15) is 39.5 Å². The van der Waals surface area contributed by atoms with Crippen LogP contribution in [0.25, 0.3) is 0 Å². The standard InChI is InChI=1S/C13H24N2O3/c1-3-8-15(10-13(17)18-4-2)11-6-5-7-14-12(16)9-11/h11H,3-10H2,1-2H3,(H,14,16). The fourth-order valence-electron chi connectivity index (χ4n) is 2.32. The molecular formula is C13H24N2O3. The van der Waals surface area contributed by atoms with Crippen LogP contribution in [-0.2, 0) is 14.3 Å². The summed E-state index contributed by atoms with van der Waals surface area (Å²) in [5.74, 6) is -0.113. The highest BCUT2D eigenvalue weighted by atomic mass is 16.5. The summed E-state index contributed by atoms with van der Waals surface area (Å²) in [6, 6.07) is 0.164. The van der Waals surface area contributed by atoms with Gasteiger partial charge in [-0.1, -0.05) is 6.92 Å². The van der Waals surface area contributed by atoms with Crippen molar-refractivity contribution in [1.82, 2.24) is 10.2 Å². The Kier molecular flexibility index (Phi) is 6.72. The normalized spacial score (nSPS) is 20.4. The van der Waals surface area contributed by atoms with Crippen molar-refractivity contribution in [3.8, 4) is 0 Å². The number of ether oxygens (including phenoxy) is 1. The molecular weight excluding hydrogens is 232 g/mol. The van der Waals surface area contributed by atoms with Crippen LogP contribution >= 0.6 is 0 Å². The highest BCUT2D eigenvalue weighted by Gasteiger charge is 2.25. The highest BCUT2D eigenvalue weighted by molar-refractivity contribution is 5.77. The molecule has 5 heteroatoms. The molecule has 0 aliphatic carbocycles. The first kappa shape index (κ1) is 15.0. The molecule has 1 aliphatic rings. The number of esters is 1. The van der Waals surface area contributed by atoms with Gasteiger partial charge in [-0.3, -0.25) is 14.5 Å². The van der Waals surface area contributed by atoms with E-state index in [-0.39, 0.29) is 17.9 Å². The van der Waals surface area contributed by atoms with Gasteiger partial charge in [0.15, 0.2) is 0 Å². The van der Waals surface area contributed by atoms with Gasteiger partial charge in [0, 0.05) is 19.0 Å². The van der Waals surface area contributed by atoms with Crippen LogP contribution < -0.4 is 5.32 Å². The molecule has 0 spiro atoms. The van der Waals surface area contributed by atoms with E-state index in [0.717, 1.165) is 32.4 Å². The third kappa shape index (κ3) is 5.04. The summed E-state index contributed by atoms with van der Waals surface area (Å²) in [4.78, 5) is 25.2. The van der Waals surface area contributed by atoms with Gasteiger partial charge in [-0.25, -0.2) is 0 Å². The minimum absolute atomic E-state index is 0.0856. The summed E-state index contributed by atoms with van der Waals surface area (Å²) in [7, 11) is 0. The van der Waals surface area contributed by atoms with Crippen LogP contribution in [0.5, 0.6) is 0 Å². The van der Waals surface area contributed by atoms with Crippen LogP contribution in [-0.4, -0.2) is 49.1 Å². The first-order valence-electron chi connectivity index (χ1n) is 6.83. The maximum Gasteiger partial charge on any atom is 0.320 e. The predicted molar refractivity (Wildman–Crippen MR) is 69.1 cm³/mol. The van der Waals surface area contributed by atoms with E-state index in [4.69, 9.17) is 4.74 Å². The van der Waals surface area contributed by atoms with Crippen molar-refractivity contribution in [2.75, 3.05) is 26.2 Å². The van der Waals surface area contributed by atoms with Gasteiger partial charge < -0.3 is 10.1 Å². The molecule has 1 rings (SSSR count). The summed E-state index contributed by atoms with van der Waals surface area (Å²) >= 11 is 0. The number of carbonyl (C=O) groups excluding carboxylic acids is 2. The summed E-state index contributed by atoms with van der Waals surface area (Å²) in [6.45, 7) is 6.16. The van der Waals surface area contributed by atoms with Gasteiger partial charge in [-0.2, -0.15) is 0 Å². The highest BCUT2D eigenvalue weighted by Crippen LogP contribution is 2.14. The Morgan fingerprint density at radius 3 is 2.94 bits per heavy atom. The SMILES string of the molecule is CCCN(CC(=O)OCC)C1CCCNC(=O)C1. The summed E-state index contributed by atoms with van der Waals surface area (Å²) in [5.41, 5.74) is 0. The molecule has 1 unspecified atom stereocenters. The van der Waals surface area contributed by atoms with E-state index in [0.29, 0.717) is 19.6 Å². The Labute approximate surface area is 109 Å². The van der Waals surface area contributed by atoms with Crippen molar-refractivity contribution < 1.29 is 14.3 Å². The van der Waals surface area contributed by atoms with Crippen molar-refractivity contribution in [3.63, 3.8) is 0 Å². The van der Waals surface area contributed by atoms with Crippen LogP contribution in [0.4, 0.5) is 0 Å².